The molecule has 2 amide bonds. The van der Waals surface area contributed by atoms with Crippen LogP contribution in [0.4, 0.5) is 10.6 Å². The number of aromatic nitrogens is 3. The number of ether oxygens (including phenoxy) is 2. The summed E-state index contributed by atoms with van der Waals surface area (Å²) in [5.41, 5.74) is 13.9. The molecule has 0 spiro atoms. The van der Waals surface area contributed by atoms with Gasteiger partial charge in [-0.2, -0.15) is 0 Å². The van der Waals surface area contributed by atoms with Gasteiger partial charge in [0.1, 0.15) is 11.3 Å². The van der Waals surface area contributed by atoms with Gasteiger partial charge in [0.25, 0.3) is 0 Å². The zero-order valence-electron chi connectivity index (χ0n) is 16.6. The number of pyridine rings is 1. The number of carbonyl (C=O) groups is 1. The molecule has 0 aromatic carbocycles. The van der Waals surface area contributed by atoms with Crippen molar-refractivity contribution in [1.29, 1.82) is 0 Å². The molecule has 2 heterocycles. The van der Waals surface area contributed by atoms with Crippen LogP contribution in [0.1, 0.15) is 25.4 Å². The molecule has 0 fully saturated rings. The Morgan fingerprint density at radius 1 is 1.30 bits per heavy atom. The summed E-state index contributed by atoms with van der Waals surface area (Å²) in [6, 6.07) is 1.58. The van der Waals surface area contributed by atoms with Crippen molar-refractivity contribution in [3.05, 3.63) is 17.6 Å². The highest BCUT2D eigenvalue weighted by molar-refractivity contribution is 5.85. The molecular weight excluding hydrogens is 348 g/mol. The molecule has 0 bridgehead atoms. The zero-order chi connectivity index (χ0) is 20.0. The first kappa shape index (κ1) is 20.9. The van der Waals surface area contributed by atoms with Gasteiger partial charge in [0.2, 0.25) is 0 Å². The second-order valence-electron chi connectivity index (χ2n) is 6.68. The fourth-order valence-electron chi connectivity index (χ4n) is 3.00. The molecule has 2 rings (SSSR count). The lowest BCUT2D eigenvalue weighted by Gasteiger charge is -2.24. The third-order valence-electron chi connectivity index (χ3n) is 4.34. The van der Waals surface area contributed by atoms with Crippen LogP contribution in [0.25, 0.3) is 11.0 Å². The Bertz CT molecular complexity index is 774. The number of nitrogens with two attached hydrogens (primary N) is 2. The van der Waals surface area contributed by atoms with Crippen molar-refractivity contribution in [2.75, 3.05) is 39.2 Å². The van der Waals surface area contributed by atoms with E-state index >= 15 is 0 Å². The van der Waals surface area contributed by atoms with Crippen LogP contribution in [0.15, 0.2) is 6.07 Å². The quantitative estimate of drug-likeness (QED) is 0.601. The molecule has 9 heteroatoms. The van der Waals surface area contributed by atoms with Gasteiger partial charge in [-0.15, -0.1) is 0 Å². The van der Waals surface area contributed by atoms with Crippen LogP contribution in [0, 0.1) is 6.92 Å². The number of hydrogen-bond acceptors (Lipinski definition) is 6. The van der Waals surface area contributed by atoms with Gasteiger partial charge in [0.15, 0.2) is 5.82 Å². The molecule has 0 aliphatic carbocycles. The van der Waals surface area contributed by atoms with Crippen molar-refractivity contribution in [2.24, 2.45) is 5.73 Å². The standard InChI is InChI=1S/C18H30N6O3/c1-12(2)23(18(20)25)6-9-27-10-7-24-14-11-13(3)21-17(19)16(14)22-15(24)5-8-26-4/h11-12H,5-10H2,1-4H3,(H2,19,21)(H2,20,25). The molecule has 0 atom stereocenters. The molecule has 2 aromatic rings. The molecule has 9 nitrogen and oxygen atoms in total. The van der Waals surface area contributed by atoms with Crippen molar-refractivity contribution >= 4 is 22.9 Å². The molecule has 2 aromatic heterocycles. The lowest BCUT2D eigenvalue weighted by Crippen LogP contribution is -2.42. The van der Waals surface area contributed by atoms with E-state index in [2.05, 4.69) is 14.5 Å². The number of primary amides is 1. The molecular formula is C18H30N6O3. The van der Waals surface area contributed by atoms with Crippen molar-refractivity contribution in [2.45, 2.75) is 39.8 Å². The van der Waals surface area contributed by atoms with E-state index in [0.717, 1.165) is 17.0 Å². The monoisotopic (exact) mass is 378 g/mol. The Hall–Kier alpha value is -2.39. The third kappa shape index (κ3) is 5.30. The average molecular weight is 378 g/mol. The molecule has 27 heavy (non-hydrogen) atoms. The number of nitrogen functional groups attached to an aromatic ring is 1. The predicted octanol–water partition coefficient (Wildman–Crippen LogP) is 1.32. The smallest absolute Gasteiger partial charge is 0.315 e. The number of amides is 2. The van der Waals surface area contributed by atoms with Gasteiger partial charge < -0.3 is 30.4 Å². The maximum atomic E-state index is 11.4. The topological polar surface area (TPSA) is 122 Å². The molecule has 0 saturated heterocycles. The third-order valence-corrected chi connectivity index (χ3v) is 4.34. The minimum atomic E-state index is -0.436. The van der Waals surface area contributed by atoms with E-state index in [9.17, 15) is 4.79 Å². The van der Waals surface area contributed by atoms with Crippen LogP contribution in [0.2, 0.25) is 0 Å². The number of methoxy groups -OCH3 is 1. The molecule has 0 aliphatic rings. The summed E-state index contributed by atoms with van der Waals surface area (Å²) in [7, 11) is 1.66. The normalized spacial score (nSPS) is 11.4. The maximum Gasteiger partial charge on any atom is 0.315 e. The number of anilines is 1. The maximum absolute atomic E-state index is 11.4. The van der Waals surface area contributed by atoms with Crippen LogP contribution in [0.3, 0.4) is 0 Å². The highest BCUT2D eigenvalue weighted by Gasteiger charge is 2.15. The summed E-state index contributed by atoms with van der Waals surface area (Å²) >= 11 is 0. The van der Waals surface area contributed by atoms with Gasteiger partial charge in [-0.05, 0) is 26.8 Å². The Morgan fingerprint density at radius 2 is 2.04 bits per heavy atom. The SMILES string of the molecule is COCCc1nc2c(N)nc(C)cc2n1CCOCCN(C(N)=O)C(C)C. The molecule has 150 valence electrons. The van der Waals surface area contributed by atoms with Crippen molar-refractivity contribution in [3.8, 4) is 0 Å². The first-order chi connectivity index (χ1) is 12.8. The fraction of sp³-hybridized carbons (Fsp3) is 0.611. The van der Waals surface area contributed by atoms with Crippen LogP contribution < -0.4 is 11.5 Å². The summed E-state index contributed by atoms with van der Waals surface area (Å²) in [5, 5.41) is 0. The van der Waals surface area contributed by atoms with E-state index in [0.29, 0.717) is 50.7 Å². The minimum Gasteiger partial charge on any atom is -0.384 e. The second-order valence-corrected chi connectivity index (χ2v) is 6.68. The Balaban J connectivity index is 2.05. The molecule has 0 saturated carbocycles. The molecule has 4 N–H and O–H groups in total. The number of rotatable bonds is 10. The fourth-order valence-corrected chi connectivity index (χ4v) is 3.00. The summed E-state index contributed by atoms with van der Waals surface area (Å²) in [6.07, 6.45) is 0.673. The highest BCUT2D eigenvalue weighted by atomic mass is 16.5. The number of urea groups is 1. The lowest BCUT2D eigenvalue weighted by molar-refractivity contribution is 0.0982. The van der Waals surface area contributed by atoms with E-state index in [-0.39, 0.29) is 6.04 Å². The van der Waals surface area contributed by atoms with Gasteiger partial charge >= 0.3 is 6.03 Å². The van der Waals surface area contributed by atoms with E-state index in [4.69, 9.17) is 20.9 Å². The molecule has 0 radical (unpaired) electrons. The summed E-state index contributed by atoms with van der Waals surface area (Å²) in [6.45, 7) is 8.31. The first-order valence-electron chi connectivity index (χ1n) is 9.10. The van der Waals surface area contributed by atoms with Gasteiger partial charge in [-0.1, -0.05) is 0 Å². The second kappa shape index (κ2) is 9.52. The van der Waals surface area contributed by atoms with E-state index in [1.807, 2.05) is 26.8 Å². The van der Waals surface area contributed by atoms with Crippen molar-refractivity contribution in [3.63, 3.8) is 0 Å². The van der Waals surface area contributed by atoms with Crippen molar-refractivity contribution in [1.82, 2.24) is 19.4 Å². The highest BCUT2D eigenvalue weighted by Crippen LogP contribution is 2.22. The Morgan fingerprint density at radius 3 is 2.67 bits per heavy atom. The number of aryl methyl sites for hydroxylation is 1. The van der Waals surface area contributed by atoms with Crippen LogP contribution in [-0.2, 0) is 22.4 Å². The van der Waals surface area contributed by atoms with Gasteiger partial charge in [-0.25, -0.2) is 14.8 Å². The number of hydrogen-bond donors (Lipinski definition) is 2. The van der Waals surface area contributed by atoms with Crippen LogP contribution in [0.5, 0.6) is 0 Å². The van der Waals surface area contributed by atoms with Crippen molar-refractivity contribution < 1.29 is 14.3 Å². The number of fused-ring (bicyclic) bond motifs is 1. The van der Waals surface area contributed by atoms with Crippen LogP contribution >= 0.6 is 0 Å². The van der Waals surface area contributed by atoms with E-state index in [1.54, 1.807) is 12.0 Å². The van der Waals surface area contributed by atoms with E-state index in [1.165, 1.54) is 0 Å². The summed E-state index contributed by atoms with van der Waals surface area (Å²) in [4.78, 5) is 21.9. The summed E-state index contributed by atoms with van der Waals surface area (Å²) < 4.78 is 13.0. The largest absolute Gasteiger partial charge is 0.384 e. The van der Waals surface area contributed by atoms with E-state index < -0.39 is 6.03 Å². The molecule has 0 aliphatic heterocycles. The predicted molar refractivity (Wildman–Crippen MR) is 105 cm³/mol. The molecule has 0 unspecified atom stereocenters. The Labute approximate surface area is 159 Å². The van der Waals surface area contributed by atoms with Gasteiger partial charge in [0.05, 0.1) is 25.3 Å². The lowest BCUT2D eigenvalue weighted by atomic mass is 10.3. The van der Waals surface area contributed by atoms with Gasteiger partial charge in [-0.3, -0.25) is 0 Å². The zero-order valence-corrected chi connectivity index (χ0v) is 16.6. The number of nitrogens with zero attached hydrogens (tertiary/aromatic N) is 4. The number of imidazole rings is 1. The summed E-state index contributed by atoms with van der Waals surface area (Å²) in [5.74, 6) is 1.31. The Kier molecular flexibility index (Phi) is 7.37. The van der Waals surface area contributed by atoms with Gasteiger partial charge in [0, 0.05) is 38.4 Å². The average Bonchev–Trinajstić information content (AvgIpc) is 2.93. The minimum absolute atomic E-state index is 0.0442. The van der Waals surface area contributed by atoms with Crippen LogP contribution in [-0.4, -0.2) is 65.0 Å². The first-order valence-corrected chi connectivity index (χ1v) is 9.10. The number of carbonyl (C=O) groups excluding carboxylic acids is 1.